The zero-order valence-electron chi connectivity index (χ0n) is 11.8. The summed E-state index contributed by atoms with van der Waals surface area (Å²) in [7, 11) is 0. The van der Waals surface area contributed by atoms with Gasteiger partial charge in [0.15, 0.2) is 0 Å². The van der Waals surface area contributed by atoms with E-state index in [-0.39, 0.29) is 12.3 Å². The minimum atomic E-state index is -0.190. The molecular formula is C17H14N4O. The molecule has 0 atom stereocenters. The van der Waals surface area contributed by atoms with Crippen LogP contribution in [0.5, 0.6) is 0 Å². The smallest absolute Gasteiger partial charge is 0.226 e. The highest BCUT2D eigenvalue weighted by atomic mass is 16.1. The second-order valence-corrected chi connectivity index (χ2v) is 4.54. The largest absolute Gasteiger partial charge is 0.383 e. The number of amides is 1. The van der Waals surface area contributed by atoms with Crippen LogP contribution in [0, 0.1) is 22.7 Å². The highest BCUT2D eigenvalue weighted by Crippen LogP contribution is 2.15. The Kier molecular flexibility index (Phi) is 5.12. The SMILES string of the molecule is N#Cc1ccccc1NCCC(=O)Nc1ccccc1C#N. The predicted octanol–water partition coefficient (Wildman–Crippen LogP) is 2.87. The van der Waals surface area contributed by atoms with E-state index in [2.05, 4.69) is 16.7 Å². The van der Waals surface area contributed by atoms with Crippen molar-refractivity contribution in [3.05, 3.63) is 59.7 Å². The number of carbonyl (C=O) groups excluding carboxylic acids is 1. The first kappa shape index (κ1) is 15.1. The summed E-state index contributed by atoms with van der Waals surface area (Å²) in [4.78, 5) is 11.9. The van der Waals surface area contributed by atoms with E-state index in [1.165, 1.54) is 0 Å². The molecule has 1 amide bonds. The quantitative estimate of drug-likeness (QED) is 0.886. The summed E-state index contributed by atoms with van der Waals surface area (Å²) in [6, 6.07) is 18.1. The number of nitrogens with zero attached hydrogens (tertiary/aromatic N) is 2. The number of nitriles is 2. The van der Waals surface area contributed by atoms with E-state index in [1.54, 1.807) is 42.5 Å². The Morgan fingerprint density at radius 2 is 1.45 bits per heavy atom. The van der Waals surface area contributed by atoms with Crippen molar-refractivity contribution in [1.82, 2.24) is 0 Å². The molecule has 0 bridgehead atoms. The molecule has 0 spiro atoms. The lowest BCUT2D eigenvalue weighted by atomic mass is 10.2. The number of carbonyl (C=O) groups is 1. The second kappa shape index (κ2) is 7.47. The molecule has 0 saturated carbocycles. The van der Waals surface area contributed by atoms with E-state index < -0.39 is 0 Å². The lowest BCUT2D eigenvalue weighted by Gasteiger charge is -2.09. The van der Waals surface area contributed by atoms with Gasteiger partial charge < -0.3 is 10.6 Å². The highest BCUT2D eigenvalue weighted by molar-refractivity contribution is 5.92. The van der Waals surface area contributed by atoms with Crippen LogP contribution in [0.25, 0.3) is 0 Å². The van der Waals surface area contributed by atoms with Crippen molar-refractivity contribution in [1.29, 1.82) is 10.5 Å². The molecule has 2 rings (SSSR count). The first-order chi connectivity index (χ1) is 10.7. The molecule has 2 aromatic carbocycles. The van der Waals surface area contributed by atoms with Crippen molar-refractivity contribution in [2.45, 2.75) is 6.42 Å². The molecule has 0 heterocycles. The fourth-order valence-electron chi connectivity index (χ4n) is 1.95. The minimum Gasteiger partial charge on any atom is -0.383 e. The summed E-state index contributed by atoms with van der Waals surface area (Å²) >= 11 is 0. The zero-order chi connectivity index (χ0) is 15.8. The average molecular weight is 290 g/mol. The Balaban J connectivity index is 1.89. The summed E-state index contributed by atoms with van der Waals surface area (Å²) in [6.07, 6.45) is 0.236. The van der Waals surface area contributed by atoms with E-state index in [4.69, 9.17) is 10.5 Å². The summed E-state index contributed by atoms with van der Waals surface area (Å²) < 4.78 is 0. The third-order valence-electron chi connectivity index (χ3n) is 3.04. The van der Waals surface area contributed by atoms with Gasteiger partial charge in [-0.15, -0.1) is 0 Å². The van der Waals surface area contributed by atoms with Gasteiger partial charge in [-0.25, -0.2) is 0 Å². The van der Waals surface area contributed by atoms with Gasteiger partial charge >= 0.3 is 0 Å². The Hall–Kier alpha value is -3.31. The maximum absolute atomic E-state index is 11.9. The minimum absolute atomic E-state index is 0.190. The second-order valence-electron chi connectivity index (χ2n) is 4.54. The normalized spacial score (nSPS) is 9.36. The van der Waals surface area contributed by atoms with E-state index in [0.717, 1.165) is 0 Å². The Labute approximate surface area is 128 Å². The lowest BCUT2D eigenvalue weighted by molar-refractivity contribution is -0.115. The zero-order valence-corrected chi connectivity index (χ0v) is 11.8. The van der Waals surface area contributed by atoms with Gasteiger partial charge in [-0.1, -0.05) is 24.3 Å². The number of rotatable bonds is 5. The van der Waals surface area contributed by atoms with Crippen LogP contribution in [0.4, 0.5) is 11.4 Å². The van der Waals surface area contributed by atoms with Crippen LogP contribution < -0.4 is 10.6 Å². The number of benzene rings is 2. The topological polar surface area (TPSA) is 88.7 Å². The van der Waals surface area contributed by atoms with Crippen LogP contribution in [0.15, 0.2) is 48.5 Å². The van der Waals surface area contributed by atoms with Crippen LogP contribution in [0.2, 0.25) is 0 Å². The molecule has 0 aromatic heterocycles. The third kappa shape index (κ3) is 3.84. The first-order valence-electron chi connectivity index (χ1n) is 6.76. The van der Waals surface area contributed by atoms with Crippen molar-refractivity contribution < 1.29 is 4.79 Å². The molecule has 0 aliphatic carbocycles. The maximum Gasteiger partial charge on any atom is 0.226 e. The summed E-state index contributed by atoms with van der Waals surface area (Å²) in [5, 5.41) is 23.7. The molecule has 0 fully saturated rings. The van der Waals surface area contributed by atoms with E-state index in [9.17, 15) is 4.79 Å². The van der Waals surface area contributed by atoms with Gasteiger partial charge in [-0.2, -0.15) is 10.5 Å². The molecule has 5 nitrogen and oxygen atoms in total. The molecule has 0 aliphatic heterocycles. The molecule has 22 heavy (non-hydrogen) atoms. The predicted molar refractivity (Wildman–Crippen MR) is 84.1 cm³/mol. The maximum atomic E-state index is 11.9. The summed E-state index contributed by atoms with van der Waals surface area (Å²) in [5.74, 6) is -0.190. The Morgan fingerprint density at radius 1 is 0.909 bits per heavy atom. The number of para-hydroxylation sites is 2. The third-order valence-corrected chi connectivity index (χ3v) is 3.04. The van der Waals surface area contributed by atoms with Crippen LogP contribution >= 0.6 is 0 Å². The van der Waals surface area contributed by atoms with Gasteiger partial charge in [-0.3, -0.25) is 4.79 Å². The number of anilines is 2. The Bertz CT molecular complexity index is 756. The van der Waals surface area contributed by atoms with Gasteiger partial charge in [0.25, 0.3) is 0 Å². The molecule has 2 N–H and O–H groups in total. The van der Waals surface area contributed by atoms with Crippen LogP contribution in [0.1, 0.15) is 17.5 Å². The van der Waals surface area contributed by atoms with Gasteiger partial charge in [0.1, 0.15) is 12.1 Å². The molecular weight excluding hydrogens is 276 g/mol. The summed E-state index contributed by atoms with van der Waals surface area (Å²) in [6.45, 7) is 0.402. The van der Waals surface area contributed by atoms with Crippen molar-refractivity contribution in [2.75, 3.05) is 17.2 Å². The Morgan fingerprint density at radius 3 is 2.09 bits per heavy atom. The lowest BCUT2D eigenvalue weighted by Crippen LogP contribution is -2.17. The fourth-order valence-corrected chi connectivity index (χ4v) is 1.95. The van der Waals surface area contributed by atoms with Crippen LogP contribution in [-0.4, -0.2) is 12.5 Å². The van der Waals surface area contributed by atoms with Crippen LogP contribution in [-0.2, 0) is 4.79 Å². The van der Waals surface area contributed by atoms with Gasteiger partial charge in [0, 0.05) is 13.0 Å². The number of hydrogen-bond acceptors (Lipinski definition) is 4. The van der Waals surface area contributed by atoms with E-state index in [0.29, 0.717) is 29.0 Å². The molecule has 5 heteroatoms. The molecule has 2 aromatic rings. The number of hydrogen-bond donors (Lipinski definition) is 2. The van der Waals surface area contributed by atoms with Crippen molar-refractivity contribution in [2.24, 2.45) is 0 Å². The summed E-state index contributed by atoms with van der Waals surface area (Å²) in [5.41, 5.74) is 2.18. The van der Waals surface area contributed by atoms with Crippen molar-refractivity contribution >= 4 is 17.3 Å². The van der Waals surface area contributed by atoms with Gasteiger partial charge in [-0.05, 0) is 24.3 Å². The fraction of sp³-hybridized carbons (Fsp3) is 0.118. The van der Waals surface area contributed by atoms with Crippen molar-refractivity contribution in [3.63, 3.8) is 0 Å². The van der Waals surface area contributed by atoms with Crippen LogP contribution in [0.3, 0.4) is 0 Å². The van der Waals surface area contributed by atoms with E-state index in [1.807, 2.05) is 12.1 Å². The van der Waals surface area contributed by atoms with E-state index >= 15 is 0 Å². The standard InChI is InChI=1S/C17H14N4O/c18-11-13-5-1-3-7-15(13)20-10-9-17(22)21-16-8-4-2-6-14(16)12-19/h1-8,20H,9-10H2,(H,21,22). The first-order valence-corrected chi connectivity index (χ1v) is 6.76. The number of nitrogens with one attached hydrogen (secondary N) is 2. The van der Waals surface area contributed by atoms with Gasteiger partial charge in [0.2, 0.25) is 5.91 Å². The van der Waals surface area contributed by atoms with Gasteiger partial charge in [0.05, 0.1) is 22.5 Å². The van der Waals surface area contributed by atoms with Crippen molar-refractivity contribution in [3.8, 4) is 12.1 Å². The molecule has 0 aliphatic rings. The monoisotopic (exact) mass is 290 g/mol. The average Bonchev–Trinajstić information content (AvgIpc) is 2.55. The molecule has 0 radical (unpaired) electrons. The highest BCUT2D eigenvalue weighted by Gasteiger charge is 2.06. The molecule has 0 saturated heterocycles. The molecule has 108 valence electrons. The molecule has 0 unspecified atom stereocenters.